The van der Waals surface area contributed by atoms with E-state index in [1.165, 1.54) is 5.56 Å². The summed E-state index contributed by atoms with van der Waals surface area (Å²) in [6.45, 7) is 4.35. The van der Waals surface area contributed by atoms with Gasteiger partial charge in [0.15, 0.2) is 0 Å². The van der Waals surface area contributed by atoms with Crippen molar-refractivity contribution in [3.63, 3.8) is 0 Å². The lowest BCUT2D eigenvalue weighted by atomic mass is 9.72. The monoisotopic (exact) mass is 384 g/mol. The van der Waals surface area contributed by atoms with Gasteiger partial charge in [-0.2, -0.15) is 0 Å². The average Bonchev–Trinajstić information content (AvgIpc) is 2.33. The number of rotatable bonds is 0. The number of phenols is 2. The first-order valence-corrected chi connectivity index (χ1v) is 7.77. The second-order valence-electron chi connectivity index (χ2n) is 5.76. The van der Waals surface area contributed by atoms with Crippen molar-refractivity contribution < 1.29 is 10.2 Å². The first kappa shape index (κ1) is 13.3. The van der Waals surface area contributed by atoms with Crippen LogP contribution in [0.15, 0.2) is 21.1 Å². The Morgan fingerprint density at radius 1 is 1.16 bits per heavy atom. The molecule has 1 aliphatic carbocycles. The smallest absolute Gasteiger partial charge is 0.137 e. The summed E-state index contributed by atoms with van der Waals surface area (Å²) in [7, 11) is 0. The maximum Gasteiger partial charge on any atom is 0.137 e. The van der Waals surface area contributed by atoms with Crippen LogP contribution in [0.4, 0.5) is 0 Å². The maximum atomic E-state index is 10.2. The third-order valence-electron chi connectivity index (χ3n) is 4.04. The molecule has 0 radical (unpaired) electrons. The Morgan fingerprint density at radius 3 is 2.53 bits per heavy atom. The van der Waals surface area contributed by atoms with Gasteiger partial charge in [-0.1, -0.05) is 13.8 Å². The van der Waals surface area contributed by atoms with E-state index in [0.29, 0.717) is 9.86 Å². The number of aryl methyl sites for hydroxylation is 1. The van der Waals surface area contributed by atoms with Gasteiger partial charge in [0, 0.05) is 5.39 Å². The minimum atomic E-state index is -0.0247. The molecule has 2 N–H and O–H groups in total. The predicted molar refractivity (Wildman–Crippen MR) is 84.0 cm³/mol. The predicted octanol–water partition coefficient (Wildman–Crippen LogP) is 5.00. The summed E-state index contributed by atoms with van der Waals surface area (Å²) in [5.41, 5.74) is 2.28. The van der Waals surface area contributed by atoms with Crippen molar-refractivity contribution in [2.45, 2.75) is 32.1 Å². The molecule has 4 heteroatoms. The summed E-state index contributed by atoms with van der Waals surface area (Å²) in [6.07, 6.45) is 2.00. The third-order valence-corrected chi connectivity index (χ3v) is 5.45. The molecule has 0 unspecified atom stereocenters. The van der Waals surface area contributed by atoms with Gasteiger partial charge in [-0.25, -0.2) is 0 Å². The van der Waals surface area contributed by atoms with Crippen LogP contribution in [-0.4, -0.2) is 10.2 Å². The number of benzene rings is 2. The van der Waals surface area contributed by atoms with Crippen LogP contribution < -0.4 is 0 Å². The second-order valence-corrected chi connectivity index (χ2v) is 7.40. The molecule has 0 heterocycles. The summed E-state index contributed by atoms with van der Waals surface area (Å²) in [4.78, 5) is 0. The largest absolute Gasteiger partial charge is 0.507 e. The lowest BCUT2D eigenvalue weighted by Crippen LogP contribution is -2.23. The molecule has 0 aromatic heterocycles. The van der Waals surface area contributed by atoms with E-state index in [0.717, 1.165) is 28.3 Å². The summed E-state index contributed by atoms with van der Waals surface area (Å²) in [5.74, 6) is 0.373. The van der Waals surface area contributed by atoms with Gasteiger partial charge >= 0.3 is 0 Å². The molecule has 2 nitrogen and oxygen atoms in total. The Morgan fingerprint density at radius 2 is 1.84 bits per heavy atom. The fourth-order valence-electron chi connectivity index (χ4n) is 2.99. The molecule has 2 aromatic rings. The Labute approximate surface area is 128 Å². The number of aromatic hydroxyl groups is 2. The number of phenolic OH excluding ortho intramolecular Hbond substituents is 2. The van der Waals surface area contributed by atoms with E-state index in [9.17, 15) is 10.2 Å². The Hall–Kier alpha value is -0.740. The van der Waals surface area contributed by atoms with Crippen LogP contribution in [0.3, 0.4) is 0 Å². The molecule has 0 saturated carbocycles. The van der Waals surface area contributed by atoms with Crippen LogP contribution >= 0.6 is 31.9 Å². The van der Waals surface area contributed by atoms with E-state index in [1.807, 2.05) is 6.07 Å². The van der Waals surface area contributed by atoms with Crippen LogP contribution in [0.25, 0.3) is 10.8 Å². The molecule has 0 saturated heterocycles. The molecule has 0 spiro atoms. The lowest BCUT2D eigenvalue weighted by Gasteiger charge is -2.34. The van der Waals surface area contributed by atoms with E-state index < -0.39 is 0 Å². The molecular weight excluding hydrogens is 372 g/mol. The van der Waals surface area contributed by atoms with Gasteiger partial charge in [0.25, 0.3) is 0 Å². The molecule has 0 amide bonds. The minimum absolute atomic E-state index is 0.0247. The van der Waals surface area contributed by atoms with E-state index in [2.05, 4.69) is 45.7 Å². The summed E-state index contributed by atoms with van der Waals surface area (Å²) >= 11 is 6.89. The average molecular weight is 386 g/mol. The fourth-order valence-corrected chi connectivity index (χ4v) is 4.33. The maximum absolute atomic E-state index is 10.2. The van der Waals surface area contributed by atoms with Gasteiger partial charge in [-0.3, -0.25) is 0 Å². The van der Waals surface area contributed by atoms with Gasteiger partial charge in [0.1, 0.15) is 11.5 Å². The first-order valence-electron chi connectivity index (χ1n) is 6.19. The van der Waals surface area contributed by atoms with Crippen molar-refractivity contribution in [3.8, 4) is 11.5 Å². The molecule has 19 heavy (non-hydrogen) atoms. The van der Waals surface area contributed by atoms with Crippen LogP contribution in [0.1, 0.15) is 31.4 Å². The Kier molecular flexibility index (Phi) is 2.88. The number of hydrogen-bond acceptors (Lipinski definition) is 2. The topological polar surface area (TPSA) is 40.5 Å². The van der Waals surface area contributed by atoms with Crippen molar-refractivity contribution in [1.29, 1.82) is 0 Å². The highest BCUT2D eigenvalue weighted by atomic mass is 79.9. The summed E-state index contributed by atoms with van der Waals surface area (Å²) < 4.78 is 1.43. The van der Waals surface area contributed by atoms with Gasteiger partial charge in [0.05, 0.1) is 8.95 Å². The van der Waals surface area contributed by atoms with Crippen LogP contribution in [0, 0.1) is 0 Å². The van der Waals surface area contributed by atoms with Crippen LogP contribution in [0.2, 0.25) is 0 Å². The van der Waals surface area contributed by atoms with E-state index in [4.69, 9.17) is 0 Å². The number of halogens is 2. The molecule has 100 valence electrons. The zero-order chi connectivity index (χ0) is 13.9. The standard InChI is InChI=1S/C15H14Br2O2/c1-15(2)4-3-7-5-9(16)14(19)8-6-10(18)13(17)12(15)11(7)8/h5-6,18-19H,3-4H2,1-2H3. The molecule has 0 fully saturated rings. The molecule has 3 rings (SSSR count). The lowest BCUT2D eigenvalue weighted by molar-refractivity contribution is 0.447. The van der Waals surface area contributed by atoms with Crippen molar-refractivity contribution in [2.75, 3.05) is 0 Å². The van der Waals surface area contributed by atoms with Crippen molar-refractivity contribution in [3.05, 3.63) is 32.2 Å². The highest BCUT2D eigenvalue weighted by Crippen LogP contribution is 2.50. The minimum Gasteiger partial charge on any atom is -0.507 e. The SMILES string of the molecule is CC1(C)CCc2cc(Br)c(O)c3cc(O)c(Br)c1c23. The molecular formula is C15H14Br2O2. The second kappa shape index (κ2) is 4.13. The van der Waals surface area contributed by atoms with Crippen molar-refractivity contribution in [2.24, 2.45) is 0 Å². The zero-order valence-electron chi connectivity index (χ0n) is 10.7. The summed E-state index contributed by atoms with van der Waals surface area (Å²) in [5, 5.41) is 22.1. The first-order chi connectivity index (χ1) is 8.83. The zero-order valence-corrected chi connectivity index (χ0v) is 13.9. The highest BCUT2D eigenvalue weighted by molar-refractivity contribution is 9.11. The van der Waals surface area contributed by atoms with Gasteiger partial charge in [-0.05, 0) is 78.8 Å². The van der Waals surface area contributed by atoms with E-state index >= 15 is 0 Å². The van der Waals surface area contributed by atoms with E-state index in [1.54, 1.807) is 6.07 Å². The quantitative estimate of drug-likeness (QED) is 0.669. The van der Waals surface area contributed by atoms with Gasteiger partial charge in [0.2, 0.25) is 0 Å². The Balaban J connectivity index is 2.59. The molecule has 0 aliphatic heterocycles. The Bertz CT molecular complexity index is 705. The summed E-state index contributed by atoms with van der Waals surface area (Å²) in [6, 6.07) is 3.62. The fraction of sp³-hybridized carbons (Fsp3) is 0.333. The van der Waals surface area contributed by atoms with Crippen molar-refractivity contribution >= 4 is 42.6 Å². The number of hydrogen-bond donors (Lipinski definition) is 2. The van der Waals surface area contributed by atoms with Gasteiger partial charge < -0.3 is 10.2 Å². The molecule has 1 aliphatic rings. The molecule has 2 aromatic carbocycles. The van der Waals surface area contributed by atoms with Crippen LogP contribution in [0.5, 0.6) is 11.5 Å². The normalized spacial score (nSPS) is 16.8. The van der Waals surface area contributed by atoms with Crippen molar-refractivity contribution in [1.82, 2.24) is 0 Å². The highest BCUT2D eigenvalue weighted by Gasteiger charge is 2.33. The molecule has 0 atom stereocenters. The van der Waals surface area contributed by atoms with Gasteiger partial charge in [-0.15, -0.1) is 0 Å². The molecule has 0 bridgehead atoms. The van der Waals surface area contributed by atoms with E-state index in [-0.39, 0.29) is 16.9 Å². The van der Waals surface area contributed by atoms with Crippen LogP contribution in [-0.2, 0) is 11.8 Å². The third kappa shape index (κ3) is 1.80.